The molecular weight excluding hydrogens is 256 g/mol. The Bertz CT molecular complexity index is 209. The maximum absolute atomic E-state index is 8.74. The fourth-order valence-electron chi connectivity index (χ4n) is 0. The molecule has 0 saturated carbocycles. The van der Waals surface area contributed by atoms with Crippen LogP contribution in [0.25, 0.3) is 0 Å². The van der Waals surface area contributed by atoms with E-state index in [9.17, 15) is 0 Å². The van der Waals surface area contributed by atoms with E-state index in [0.29, 0.717) is 0 Å². The Balaban J connectivity index is -0.0000000457. The summed E-state index contributed by atoms with van der Waals surface area (Å²) in [5.74, 6) is 0. The molecule has 0 unspecified atom stereocenters. The van der Waals surface area contributed by atoms with Crippen molar-refractivity contribution in [2.24, 2.45) is 0 Å². The van der Waals surface area contributed by atoms with Crippen LogP contribution >= 0.6 is 0 Å². The first-order chi connectivity index (χ1) is 4.00. The molecule has 0 fully saturated rings. The third-order valence-corrected chi connectivity index (χ3v) is 0. The van der Waals surface area contributed by atoms with E-state index in [0.717, 1.165) is 0 Å². The van der Waals surface area contributed by atoms with E-state index < -0.39 is 20.8 Å². The summed E-state index contributed by atoms with van der Waals surface area (Å²) in [6, 6.07) is 0. The van der Waals surface area contributed by atoms with Gasteiger partial charge < -0.3 is 14.6 Å². The van der Waals surface area contributed by atoms with E-state index in [1.807, 2.05) is 0 Å². The molecular formula is H2O9S2Ti. The summed E-state index contributed by atoms with van der Waals surface area (Å²) in [6.45, 7) is 0. The molecule has 0 aliphatic heterocycles. The van der Waals surface area contributed by atoms with Crippen molar-refractivity contribution in [1.29, 1.82) is 0 Å². The second-order valence-electron chi connectivity index (χ2n) is 0.856. The van der Waals surface area contributed by atoms with Crippen molar-refractivity contribution < 1.29 is 62.2 Å². The predicted molar refractivity (Wildman–Crippen MR) is 25.3 cm³/mol. The van der Waals surface area contributed by atoms with Gasteiger partial charge in [0.1, 0.15) is 0 Å². The van der Waals surface area contributed by atoms with Crippen LogP contribution in [0, 0.1) is 0 Å². The second kappa shape index (κ2) is 8.03. The molecule has 2 N–H and O–H groups in total. The van der Waals surface area contributed by atoms with Crippen LogP contribution in [-0.2, 0) is 48.0 Å². The molecule has 72 valence electrons. The van der Waals surface area contributed by atoms with Crippen molar-refractivity contribution >= 4 is 20.8 Å². The quantitative estimate of drug-likeness (QED) is 0.280. The smallest absolute Gasteiger partial charge is 2.00 e. The van der Waals surface area contributed by atoms with Crippen molar-refractivity contribution in [1.82, 2.24) is 0 Å². The Morgan fingerprint density at radius 1 is 0.917 bits per heavy atom. The molecule has 0 radical (unpaired) electrons. The normalized spacial score (nSPS) is 9.67. The zero-order valence-electron chi connectivity index (χ0n) is 5.07. The molecule has 9 nitrogen and oxygen atoms in total. The molecule has 0 amide bonds. The average Bonchev–Trinajstić information content (AvgIpc) is 1.12. The van der Waals surface area contributed by atoms with Crippen molar-refractivity contribution in [2.45, 2.75) is 0 Å². The van der Waals surface area contributed by atoms with E-state index in [1.165, 1.54) is 0 Å². The summed E-state index contributed by atoms with van der Waals surface area (Å²) in [7, 11) is -9.83. The fraction of sp³-hybridized carbons (Fsp3) is 0. The van der Waals surface area contributed by atoms with Gasteiger partial charge in [0.25, 0.3) is 0 Å². The topological polar surface area (TPSA) is 183 Å². The standard InChI is InChI=1S/2H2O4S.O.Ti/c2*1-5(2,3)4;;/h2*(H2,1,2,3,4);;/q;;-2;+4/p-2. The van der Waals surface area contributed by atoms with Crippen molar-refractivity contribution in [3.8, 4) is 0 Å². The summed E-state index contributed by atoms with van der Waals surface area (Å²) in [4.78, 5) is 0. The molecule has 0 aromatic heterocycles. The van der Waals surface area contributed by atoms with Gasteiger partial charge in [-0.05, 0) is 0 Å². The molecule has 12 heavy (non-hydrogen) atoms. The minimum absolute atomic E-state index is 0. The molecule has 0 aliphatic carbocycles. The van der Waals surface area contributed by atoms with E-state index in [-0.39, 0.29) is 27.2 Å². The summed E-state index contributed by atoms with van der Waals surface area (Å²) in [5.41, 5.74) is 0. The molecule has 0 spiro atoms. The SMILES string of the molecule is O=S(=O)(O)O.O=S(=O)([O-])[O-].[O-2].[Ti+4]. The molecule has 0 rings (SSSR count). The van der Waals surface area contributed by atoms with Crippen molar-refractivity contribution in [3.63, 3.8) is 0 Å². The van der Waals surface area contributed by atoms with Crippen LogP contribution in [-0.4, -0.2) is 35.0 Å². The zero-order valence-corrected chi connectivity index (χ0v) is 8.26. The van der Waals surface area contributed by atoms with Crippen LogP contribution in [0.3, 0.4) is 0 Å². The Labute approximate surface area is 83.1 Å². The Morgan fingerprint density at radius 3 is 0.917 bits per heavy atom. The van der Waals surface area contributed by atoms with Crippen LogP contribution in [0.15, 0.2) is 0 Å². The first-order valence-electron chi connectivity index (χ1n) is 1.37. The van der Waals surface area contributed by atoms with Gasteiger partial charge in [0, 0.05) is 10.4 Å². The first kappa shape index (κ1) is 22.8. The molecule has 0 aromatic rings. The number of hydrogen-bond acceptors (Lipinski definition) is 6. The Kier molecular flexibility index (Phi) is 15.3. The number of rotatable bonds is 0. The zero-order chi connectivity index (χ0) is 9.00. The molecule has 0 saturated heterocycles. The summed E-state index contributed by atoms with van der Waals surface area (Å²) in [5, 5.41) is 0. The van der Waals surface area contributed by atoms with Gasteiger partial charge in [-0.15, -0.1) is 0 Å². The summed E-state index contributed by atoms with van der Waals surface area (Å²) >= 11 is 0. The van der Waals surface area contributed by atoms with Gasteiger partial charge in [-0.1, -0.05) is 0 Å². The minimum Gasteiger partial charge on any atom is -2.00 e. The monoisotopic (exact) mass is 258 g/mol. The van der Waals surface area contributed by atoms with Gasteiger partial charge in [0.05, 0.1) is 0 Å². The van der Waals surface area contributed by atoms with Gasteiger partial charge in [0.15, 0.2) is 0 Å². The second-order valence-corrected chi connectivity index (χ2v) is 2.57. The molecule has 0 bridgehead atoms. The maximum Gasteiger partial charge on any atom is 4.00 e. The van der Waals surface area contributed by atoms with Gasteiger partial charge in [0.2, 0.25) is 0 Å². The third kappa shape index (κ3) is 5380. The van der Waals surface area contributed by atoms with Crippen LogP contribution in [0.5, 0.6) is 0 Å². The van der Waals surface area contributed by atoms with Gasteiger partial charge in [-0.2, -0.15) is 8.42 Å². The van der Waals surface area contributed by atoms with E-state index in [1.54, 1.807) is 0 Å². The first-order valence-corrected chi connectivity index (χ1v) is 4.10. The van der Waals surface area contributed by atoms with Crippen molar-refractivity contribution in [3.05, 3.63) is 0 Å². The van der Waals surface area contributed by atoms with Gasteiger partial charge >= 0.3 is 32.1 Å². The van der Waals surface area contributed by atoms with Crippen LogP contribution in [0.1, 0.15) is 0 Å². The van der Waals surface area contributed by atoms with E-state index >= 15 is 0 Å². The average molecular weight is 258 g/mol. The van der Waals surface area contributed by atoms with Crippen molar-refractivity contribution in [2.75, 3.05) is 0 Å². The van der Waals surface area contributed by atoms with E-state index in [2.05, 4.69) is 0 Å². The molecule has 12 heteroatoms. The Hall–Kier alpha value is 0.414. The Morgan fingerprint density at radius 2 is 0.917 bits per heavy atom. The van der Waals surface area contributed by atoms with Crippen LogP contribution < -0.4 is 0 Å². The van der Waals surface area contributed by atoms with Gasteiger partial charge in [-0.25, -0.2) is 0 Å². The van der Waals surface area contributed by atoms with Crippen LogP contribution in [0.2, 0.25) is 0 Å². The summed E-state index contributed by atoms with van der Waals surface area (Å²) in [6.07, 6.45) is 0. The predicted octanol–water partition coefficient (Wildman–Crippen LogP) is -2.11. The molecule has 0 atom stereocenters. The maximum atomic E-state index is 8.74. The number of hydrogen-bond donors (Lipinski definition) is 2. The van der Waals surface area contributed by atoms with E-state index in [4.69, 9.17) is 35.0 Å². The largest absolute Gasteiger partial charge is 4.00 e. The van der Waals surface area contributed by atoms with Gasteiger partial charge in [-0.3, -0.25) is 17.5 Å². The van der Waals surface area contributed by atoms with Crippen LogP contribution in [0.4, 0.5) is 0 Å². The summed E-state index contributed by atoms with van der Waals surface area (Å²) < 4.78 is 65.7. The minimum atomic E-state index is -5.17. The fourth-order valence-corrected chi connectivity index (χ4v) is 0. The molecule has 0 aromatic carbocycles. The molecule has 0 heterocycles. The molecule has 0 aliphatic rings. The third-order valence-electron chi connectivity index (χ3n) is 0.